The first-order valence-corrected chi connectivity index (χ1v) is 7.59. The van der Waals surface area contributed by atoms with E-state index in [2.05, 4.69) is 31.2 Å². The third-order valence-corrected chi connectivity index (χ3v) is 4.97. The Bertz CT molecular complexity index is 227. The Morgan fingerprint density at radius 2 is 1.88 bits per heavy atom. The summed E-state index contributed by atoms with van der Waals surface area (Å²) in [6.07, 6.45) is 11.2. The molecule has 2 rings (SSSR count). The molecule has 17 heavy (non-hydrogen) atoms. The van der Waals surface area contributed by atoms with Gasteiger partial charge >= 0.3 is 0 Å². The normalized spacial score (nSPS) is 25.4. The summed E-state index contributed by atoms with van der Waals surface area (Å²) < 4.78 is 0. The molecule has 0 bridgehead atoms. The first-order valence-electron chi connectivity index (χ1n) is 7.59. The number of nitrogens with one attached hydrogen (secondary N) is 1. The van der Waals surface area contributed by atoms with Crippen molar-refractivity contribution in [2.45, 2.75) is 69.9 Å². The number of nitrogens with zero attached hydrogens (tertiary/aromatic N) is 1. The van der Waals surface area contributed by atoms with Crippen LogP contribution in [-0.2, 0) is 0 Å². The number of rotatable bonds is 7. The molecule has 2 aliphatic rings. The summed E-state index contributed by atoms with van der Waals surface area (Å²) in [5, 5.41) is 3.91. The van der Waals surface area contributed by atoms with Gasteiger partial charge in [0.05, 0.1) is 0 Å². The monoisotopic (exact) mass is 238 g/mol. The third kappa shape index (κ3) is 3.23. The highest BCUT2D eigenvalue weighted by Crippen LogP contribution is 2.37. The zero-order chi connectivity index (χ0) is 12.3. The van der Waals surface area contributed by atoms with Gasteiger partial charge in [-0.1, -0.05) is 26.2 Å². The van der Waals surface area contributed by atoms with E-state index in [1.54, 1.807) is 0 Å². The van der Waals surface area contributed by atoms with E-state index in [-0.39, 0.29) is 0 Å². The van der Waals surface area contributed by atoms with E-state index in [0.717, 1.165) is 12.0 Å². The Morgan fingerprint density at radius 3 is 2.35 bits per heavy atom. The van der Waals surface area contributed by atoms with Crippen LogP contribution in [0.1, 0.15) is 58.3 Å². The molecule has 0 saturated heterocycles. The minimum Gasteiger partial charge on any atom is -0.312 e. The van der Waals surface area contributed by atoms with Gasteiger partial charge in [0.1, 0.15) is 0 Å². The molecule has 0 radical (unpaired) electrons. The SMILES string of the molecule is CCCC(NCC1(N(C)C)CCCC1)C1CC1. The molecule has 0 amide bonds. The van der Waals surface area contributed by atoms with Crippen molar-refractivity contribution >= 4 is 0 Å². The molecule has 100 valence electrons. The van der Waals surface area contributed by atoms with Gasteiger partial charge in [0.2, 0.25) is 0 Å². The average Bonchev–Trinajstić information content (AvgIpc) is 3.03. The molecule has 2 fully saturated rings. The van der Waals surface area contributed by atoms with Crippen LogP contribution < -0.4 is 5.32 Å². The highest BCUT2D eigenvalue weighted by molar-refractivity contribution is 4.96. The summed E-state index contributed by atoms with van der Waals surface area (Å²) in [7, 11) is 4.53. The predicted molar refractivity (Wildman–Crippen MR) is 74.3 cm³/mol. The minimum absolute atomic E-state index is 0.459. The molecule has 0 aliphatic heterocycles. The second-order valence-electron chi connectivity index (χ2n) is 6.44. The Balaban J connectivity index is 1.85. The molecule has 0 heterocycles. The summed E-state index contributed by atoms with van der Waals surface area (Å²) in [6, 6.07) is 0.803. The van der Waals surface area contributed by atoms with Crippen molar-refractivity contribution in [2.24, 2.45) is 5.92 Å². The molecular formula is C15H30N2. The van der Waals surface area contributed by atoms with E-state index in [0.29, 0.717) is 5.54 Å². The van der Waals surface area contributed by atoms with Gasteiger partial charge in [0, 0.05) is 18.1 Å². The van der Waals surface area contributed by atoms with Crippen molar-refractivity contribution in [3.8, 4) is 0 Å². The molecule has 1 N–H and O–H groups in total. The van der Waals surface area contributed by atoms with Crippen LogP contribution in [-0.4, -0.2) is 37.1 Å². The lowest BCUT2D eigenvalue weighted by Gasteiger charge is -2.38. The topological polar surface area (TPSA) is 15.3 Å². The van der Waals surface area contributed by atoms with Crippen molar-refractivity contribution in [3.63, 3.8) is 0 Å². The summed E-state index contributed by atoms with van der Waals surface area (Å²) in [5.74, 6) is 0.996. The first-order chi connectivity index (χ1) is 8.18. The molecular weight excluding hydrogens is 208 g/mol. The molecule has 0 aromatic rings. The van der Waals surface area contributed by atoms with Gasteiger partial charge < -0.3 is 10.2 Å². The third-order valence-electron chi connectivity index (χ3n) is 4.97. The van der Waals surface area contributed by atoms with Gasteiger partial charge in [0.15, 0.2) is 0 Å². The maximum atomic E-state index is 3.91. The molecule has 2 saturated carbocycles. The van der Waals surface area contributed by atoms with Gasteiger partial charge in [-0.15, -0.1) is 0 Å². The summed E-state index contributed by atoms with van der Waals surface area (Å²) in [4.78, 5) is 2.48. The molecule has 2 aliphatic carbocycles. The maximum absolute atomic E-state index is 3.91. The van der Waals surface area contributed by atoms with E-state index in [1.165, 1.54) is 57.9 Å². The quantitative estimate of drug-likeness (QED) is 0.733. The van der Waals surface area contributed by atoms with Crippen molar-refractivity contribution in [2.75, 3.05) is 20.6 Å². The Labute approximate surface area is 107 Å². The highest BCUT2D eigenvalue weighted by atomic mass is 15.2. The van der Waals surface area contributed by atoms with E-state index < -0.39 is 0 Å². The second kappa shape index (κ2) is 5.71. The van der Waals surface area contributed by atoms with Crippen LogP contribution in [0.25, 0.3) is 0 Å². The van der Waals surface area contributed by atoms with E-state index in [1.807, 2.05) is 0 Å². The van der Waals surface area contributed by atoms with Gasteiger partial charge in [-0.3, -0.25) is 0 Å². The van der Waals surface area contributed by atoms with E-state index >= 15 is 0 Å². The van der Waals surface area contributed by atoms with Gasteiger partial charge in [-0.2, -0.15) is 0 Å². The van der Waals surface area contributed by atoms with Crippen LogP contribution in [0.4, 0.5) is 0 Å². The fourth-order valence-electron chi connectivity index (χ4n) is 3.45. The number of hydrogen-bond acceptors (Lipinski definition) is 2. The van der Waals surface area contributed by atoms with Crippen LogP contribution in [0.5, 0.6) is 0 Å². The Kier molecular flexibility index (Phi) is 4.48. The first kappa shape index (κ1) is 13.4. The van der Waals surface area contributed by atoms with Crippen LogP contribution >= 0.6 is 0 Å². The Morgan fingerprint density at radius 1 is 1.24 bits per heavy atom. The largest absolute Gasteiger partial charge is 0.312 e. The highest BCUT2D eigenvalue weighted by Gasteiger charge is 2.38. The fourth-order valence-corrected chi connectivity index (χ4v) is 3.45. The summed E-state index contributed by atoms with van der Waals surface area (Å²) >= 11 is 0. The fraction of sp³-hybridized carbons (Fsp3) is 1.00. The van der Waals surface area contributed by atoms with Crippen molar-refractivity contribution in [1.29, 1.82) is 0 Å². The summed E-state index contributed by atoms with van der Waals surface area (Å²) in [6.45, 7) is 3.52. The molecule has 0 spiro atoms. The molecule has 2 nitrogen and oxygen atoms in total. The smallest absolute Gasteiger partial charge is 0.0327 e. The van der Waals surface area contributed by atoms with Crippen molar-refractivity contribution in [3.05, 3.63) is 0 Å². The maximum Gasteiger partial charge on any atom is 0.0327 e. The van der Waals surface area contributed by atoms with Crippen molar-refractivity contribution < 1.29 is 0 Å². The van der Waals surface area contributed by atoms with E-state index in [4.69, 9.17) is 0 Å². The average molecular weight is 238 g/mol. The molecule has 1 atom stereocenters. The number of hydrogen-bond donors (Lipinski definition) is 1. The standard InChI is InChI=1S/C15H30N2/c1-4-7-14(13-8-9-13)16-12-15(17(2)3)10-5-6-11-15/h13-14,16H,4-12H2,1-3H3. The van der Waals surface area contributed by atoms with Crippen LogP contribution in [0.3, 0.4) is 0 Å². The lowest BCUT2D eigenvalue weighted by molar-refractivity contribution is 0.146. The summed E-state index contributed by atoms with van der Waals surface area (Å²) in [5.41, 5.74) is 0.459. The molecule has 0 aromatic carbocycles. The van der Waals surface area contributed by atoms with Crippen LogP contribution in [0.15, 0.2) is 0 Å². The van der Waals surface area contributed by atoms with Gasteiger partial charge in [0.25, 0.3) is 0 Å². The number of likely N-dealkylation sites (N-methyl/N-ethyl adjacent to an activating group) is 1. The predicted octanol–water partition coefficient (Wildman–Crippen LogP) is 3.03. The molecule has 1 unspecified atom stereocenters. The van der Waals surface area contributed by atoms with Crippen LogP contribution in [0.2, 0.25) is 0 Å². The lowest BCUT2D eigenvalue weighted by atomic mass is 9.94. The van der Waals surface area contributed by atoms with Gasteiger partial charge in [-0.05, 0) is 52.1 Å². The molecule has 2 heteroatoms. The lowest BCUT2D eigenvalue weighted by Crippen LogP contribution is -2.52. The zero-order valence-corrected chi connectivity index (χ0v) is 12.0. The molecule has 0 aromatic heterocycles. The minimum atomic E-state index is 0.459. The second-order valence-corrected chi connectivity index (χ2v) is 6.44. The van der Waals surface area contributed by atoms with Crippen molar-refractivity contribution in [1.82, 2.24) is 10.2 Å². The zero-order valence-electron chi connectivity index (χ0n) is 12.0. The Hall–Kier alpha value is -0.0800. The van der Waals surface area contributed by atoms with Gasteiger partial charge in [-0.25, -0.2) is 0 Å². The van der Waals surface area contributed by atoms with E-state index in [9.17, 15) is 0 Å². The van der Waals surface area contributed by atoms with Crippen LogP contribution in [0, 0.1) is 5.92 Å².